The molecule has 0 aliphatic heterocycles. The third kappa shape index (κ3) is 6.56. The molecule has 1 fully saturated rings. The Kier molecular flexibility index (Phi) is 7.68. The lowest BCUT2D eigenvalue weighted by Gasteiger charge is -2.21. The van der Waals surface area contributed by atoms with Gasteiger partial charge in [-0.2, -0.15) is 4.98 Å². The summed E-state index contributed by atoms with van der Waals surface area (Å²) in [5.41, 5.74) is 4.10. The van der Waals surface area contributed by atoms with E-state index >= 15 is 0 Å². The molecule has 10 heteroatoms. The van der Waals surface area contributed by atoms with Crippen LogP contribution in [0, 0.1) is 5.41 Å². The van der Waals surface area contributed by atoms with Crippen molar-refractivity contribution in [2.45, 2.75) is 46.6 Å². The van der Waals surface area contributed by atoms with E-state index in [2.05, 4.69) is 51.9 Å². The monoisotopic (exact) mass is 540 g/mol. The Hall–Kier alpha value is -4.47. The van der Waals surface area contributed by atoms with Gasteiger partial charge >= 0.3 is 0 Å². The molecule has 1 amide bonds. The second kappa shape index (κ2) is 11.3. The Morgan fingerprint density at radius 3 is 2.50 bits per heavy atom. The predicted molar refractivity (Wildman–Crippen MR) is 157 cm³/mol. The predicted octanol–water partition coefficient (Wildman–Crippen LogP) is 5.43. The van der Waals surface area contributed by atoms with Crippen molar-refractivity contribution in [1.82, 2.24) is 30.0 Å². The highest BCUT2D eigenvalue weighted by molar-refractivity contribution is 5.95. The van der Waals surface area contributed by atoms with Crippen molar-refractivity contribution in [2.24, 2.45) is 12.5 Å². The molecule has 0 spiro atoms. The van der Waals surface area contributed by atoms with E-state index in [-0.39, 0.29) is 11.3 Å². The fourth-order valence-corrected chi connectivity index (χ4v) is 4.14. The van der Waals surface area contributed by atoms with E-state index in [0.717, 1.165) is 47.6 Å². The molecular weight excluding hydrogens is 504 g/mol. The Bertz CT molecular complexity index is 1490. The topological polar surface area (TPSA) is 119 Å². The lowest BCUT2D eigenvalue weighted by Crippen LogP contribution is -2.25. The standard InChI is InChI=1S/C30H36N8O2/c1-6-40-25-15-21(27-37-33-18-38(27)5)11-14-24(25)35-29-31-16-23(26(36-29)32-17-30(2,3)4)19-7-9-20(10-8-19)28(39)34-22-12-13-22/h7-11,14-16,18,22H,6,12-13,17H2,1-5H3,(H,34,39)(H2,31,32,35,36). The van der Waals surface area contributed by atoms with Gasteiger partial charge in [0.15, 0.2) is 5.82 Å². The van der Waals surface area contributed by atoms with Crippen LogP contribution in [0.4, 0.5) is 17.5 Å². The van der Waals surface area contributed by atoms with Crippen LogP contribution in [-0.4, -0.2) is 49.8 Å². The number of aryl methyl sites for hydroxylation is 1. The van der Waals surface area contributed by atoms with Crippen LogP contribution in [0.15, 0.2) is 55.0 Å². The molecule has 0 radical (unpaired) electrons. The van der Waals surface area contributed by atoms with Crippen molar-refractivity contribution in [1.29, 1.82) is 0 Å². The molecule has 1 saturated carbocycles. The van der Waals surface area contributed by atoms with Crippen LogP contribution in [0.1, 0.15) is 50.9 Å². The second-order valence-corrected chi connectivity index (χ2v) is 11.2. The zero-order valence-corrected chi connectivity index (χ0v) is 23.7. The molecule has 0 saturated heterocycles. The number of hydrogen-bond acceptors (Lipinski definition) is 8. The quantitative estimate of drug-likeness (QED) is 0.244. The molecule has 1 aliphatic rings. The number of carbonyl (C=O) groups excluding carboxylic acids is 1. The van der Waals surface area contributed by atoms with Crippen molar-refractivity contribution in [2.75, 3.05) is 23.8 Å². The third-order valence-electron chi connectivity index (χ3n) is 6.44. The van der Waals surface area contributed by atoms with Crippen LogP contribution in [0.2, 0.25) is 0 Å². The summed E-state index contributed by atoms with van der Waals surface area (Å²) in [5, 5.41) is 18.0. The van der Waals surface area contributed by atoms with Gasteiger partial charge in [0.25, 0.3) is 5.91 Å². The summed E-state index contributed by atoms with van der Waals surface area (Å²) in [6.07, 6.45) is 5.58. The van der Waals surface area contributed by atoms with E-state index < -0.39 is 0 Å². The van der Waals surface area contributed by atoms with Gasteiger partial charge in [0.1, 0.15) is 17.9 Å². The van der Waals surface area contributed by atoms with Crippen LogP contribution >= 0.6 is 0 Å². The summed E-state index contributed by atoms with van der Waals surface area (Å²) in [6.45, 7) is 9.67. The minimum Gasteiger partial charge on any atom is -0.492 e. The lowest BCUT2D eigenvalue weighted by atomic mass is 9.97. The Balaban J connectivity index is 1.43. The van der Waals surface area contributed by atoms with Crippen molar-refractivity contribution in [3.63, 3.8) is 0 Å². The van der Waals surface area contributed by atoms with E-state index in [1.165, 1.54) is 0 Å². The number of hydrogen-bond donors (Lipinski definition) is 3. The summed E-state index contributed by atoms with van der Waals surface area (Å²) >= 11 is 0. The molecule has 5 rings (SSSR count). The van der Waals surface area contributed by atoms with Crippen molar-refractivity contribution < 1.29 is 9.53 Å². The van der Waals surface area contributed by atoms with Crippen LogP contribution in [0.25, 0.3) is 22.5 Å². The first-order valence-corrected chi connectivity index (χ1v) is 13.6. The van der Waals surface area contributed by atoms with Gasteiger partial charge in [0, 0.05) is 42.5 Å². The molecule has 40 heavy (non-hydrogen) atoms. The summed E-state index contributed by atoms with van der Waals surface area (Å²) < 4.78 is 7.80. The van der Waals surface area contributed by atoms with Gasteiger partial charge in [-0.1, -0.05) is 32.9 Å². The van der Waals surface area contributed by atoms with Gasteiger partial charge < -0.3 is 25.3 Å². The van der Waals surface area contributed by atoms with Gasteiger partial charge in [0.2, 0.25) is 5.95 Å². The normalized spacial score (nSPS) is 13.1. The van der Waals surface area contributed by atoms with Crippen molar-refractivity contribution >= 4 is 23.4 Å². The maximum atomic E-state index is 12.4. The number of benzene rings is 2. The Labute approximate surface area is 234 Å². The van der Waals surface area contributed by atoms with E-state index in [0.29, 0.717) is 35.7 Å². The van der Waals surface area contributed by atoms with Gasteiger partial charge in [-0.15, -0.1) is 10.2 Å². The molecule has 2 heterocycles. The summed E-state index contributed by atoms with van der Waals surface area (Å²) in [4.78, 5) is 21.9. The largest absolute Gasteiger partial charge is 0.492 e. The first-order chi connectivity index (χ1) is 19.2. The molecule has 1 aliphatic carbocycles. The highest BCUT2D eigenvalue weighted by Crippen LogP contribution is 2.33. The van der Waals surface area contributed by atoms with E-state index in [1.807, 2.05) is 61.0 Å². The molecule has 0 bridgehead atoms. The lowest BCUT2D eigenvalue weighted by molar-refractivity contribution is 0.0951. The van der Waals surface area contributed by atoms with E-state index in [4.69, 9.17) is 9.72 Å². The number of nitrogens with zero attached hydrogens (tertiary/aromatic N) is 5. The third-order valence-corrected chi connectivity index (χ3v) is 6.44. The average molecular weight is 541 g/mol. The molecular formula is C30H36N8O2. The zero-order chi connectivity index (χ0) is 28.3. The van der Waals surface area contributed by atoms with Crippen molar-refractivity contribution in [3.05, 3.63) is 60.6 Å². The van der Waals surface area contributed by atoms with Crippen LogP contribution < -0.4 is 20.7 Å². The zero-order valence-electron chi connectivity index (χ0n) is 23.7. The maximum absolute atomic E-state index is 12.4. The molecule has 10 nitrogen and oxygen atoms in total. The number of aromatic nitrogens is 5. The first kappa shape index (κ1) is 27.1. The summed E-state index contributed by atoms with van der Waals surface area (Å²) in [6, 6.07) is 13.7. The van der Waals surface area contributed by atoms with Gasteiger partial charge in [-0.05, 0) is 61.1 Å². The number of anilines is 3. The SMILES string of the molecule is CCOc1cc(-c2nncn2C)ccc1Nc1ncc(-c2ccc(C(=O)NC3CC3)cc2)c(NCC(C)(C)C)n1. The van der Waals surface area contributed by atoms with E-state index in [9.17, 15) is 4.79 Å². The first-order valence-electron chi connectivity index (χ1n) is 13.6. The minimum atomic E-state index is -0.0359. The minimum absolute atomic E-state index is 0.0359. The molecule has 2 aromatic carbocycles. The molecule has 0 atom stereocenters. The average Bonchev–Trinajstić information content (AvgIpc) is 3.64. The molecule has 4 aromatic rings. The highest BCUT2D eigenvalue weighted by atomic mass is 16.5. The number of amides is 1. The van der Waals surface area contributed by atoms with Gasteiger partial charge in [-0.25, -0.2) is 4.98 Å². The molecule has 0 unspecified atom stereocenters. The van der Waals surface area contributed by atoms with Crippen LogP contribution in [0.5, 0.6) is 5.75 Å². The molecule has 208 valence electrons. The van der Waals surface area contributed by atoms with Crippen LogP contribution in [-0.2, 0) is 7.05 Å². The van der Waals surface area contributed by atoms with Gasteiger partial charge in [-0.3, -0.25) is 4.79 Å². The second-order valence-electron chi connectivity index (χ2n) is 11.2. The number of ether oxygens (including phenoxy) is 1. The number of nitrogens with one attached hydrogen (secondary N) is 3. The molecule has 2 aromatic heterocycles. The Morgan fingerprint density at radius 2 is 1.85 bits per heavy atom. The van der Waals surface area contributed by atoms with E-state index in [1.54, 1.807) is 12.5 Å². The fraction of sp³-hybridized carbons (Fsp3) is 0.367. The van der Waals surface area contributed by atoms with Crippen molar-refractivity contribution in [3.8, 4) is 28.3 Å². The number of carbonyl (C=O) groups is 1. The maximum Gasteiger partial charge on any atom is 0.251 e. The summed E-state index contributed by atoms with van der Waals surface area (Å²) in [7, 11) is 1.90. The highest BCUT2D eigenvalue weighted by Gasteiger charge is 2.24. The van der Waals surface area contributed by atoms with Crippen LogP contribution in [0.3, 0.4) is 0 Å². The molecule has 3 N–H and O–H groups in total. The summed E-state index contributed by atoms with van der Waals surface area (Å²) in [5.74, 6) is 2.52. The number of rotatable bonds is 10. The smallest absolute Gasteiger partial charge is 0.251 e. The van der Waals surface area contributed by atoms with Gasteiger partial charge in [0.05, 0.1) is 12.3 Å². The Morgan fingerprint density at radius 1 is 1.10 bits per heavy atom. The fourth-order valence-electron chi connectivity index (χ4n) is 4.14.